The van der Waals surface area contributed by atoms with Gasteiger partial charge in [-0.15, -0.1) is 0 Å². The number of benzene rings is 1. The van der Waals surface area contributed by atoms with Crippen LogP contribution in [0.25, 0.3) is 0 Å². The summed E-state index contributed by atoms with van der Waals surface area (Å²) in [5.74, 6) is 3.86. The lowest BCUT2D eigenvalue weighted by Gasteiger charge is -2.06. The fraction of sp³-hybridized carbons (Fsp3) is 0.333. The third kappa shape index (κ3) is 4.15. The molecule has 0 fully saturated rings. The first-order valence-electron chi connectivity index (χ1n) is 6.20. The number of aryl methyl sites for hydroxylation is 1. The molecule has 0 aliphatic carbocycles. The molecule has 0 atom stereocenters. The molecule has 1 aromatic carbocycles. The first-order valence-corrected chi connectivity index (χ1v) is 7.36. The molecule has 0 unspecified atom stereocenters. The van der Waals surface area contributed by atoms with Gasteiger partial charge < -0.3 is 9.15 Å². The van der Waals surface area contributed by atoms with Crippen LogP contribution in [0.5, 0.6) is 5.75 Å². The number of ether oxygens (including phenoxy) is 1. The van der Waals surface area contributed by atoms with E-state index in [2.05, 4.69) is 19.1 Å². The molecule has 2 aromatic rings. The minimum absolute atomic E-state index is 0.735. The number of furan rings is 1. The van der Waals surface area contributed by atoms with E-state index in [-0.39, 0.29) is 0 Å². The van der Waals surface area contributed by atoms with Crippen molar-refractivity contribution in [2.75, 3.05) is 12.4 Å². The number of thioether (sulfide) groups is 1. The van der Waals surface area contributed by atoms with E-state index in [0.717, 1.165) is 36.0 Å². The van der Waals surface area contributed by atoms with Gasteiger partial charge in [-0.2, -0.15) is 11.8 Å². The van der Waals surface area contributed by atoms with Crippen molar-refractivity contribution in [3.8, 4) is 5.75 Å². The van der Waals surface area contributed by atoms with Gasteiger partial charge in [-0.25, -0.2) is 0 Å². The van der Waals surface area contributed by atoms with Crippen LogP contribution in [0.4, 0.5) is 0 Å². The van der Waals surface area contributed by atoms with Gasteiger partial charge in [0, 0.05) is 5.75 Å². The van der Waals surface area contributed by atoms with Crippen LogP contribution in [0.15, 0.2) is 47.1 Å². The molecule has 0 N–H and O–H groups in total. The number of hydrogen-bond donors (Lipinski definition) is 0. The largest absolute Gasteiger partial charge is 0.493 e. The third-order valence-corrected chi connectivity index (χ3v) is 3.57. The molecule has 0 saturated heterocycles. The first kappa shape index (κ1) is 13.1. The second-order valence-corrected chi connectivity index (χ2v) is 5.09. The summed E-state index contributed by atoms with van der Waals surface area (Å²) in [5, 5.41) is 0. The SMILES string of the molecule is CCc1cccc(OCCSCc2ccco2)c1. The Kier molecular flexibility index (Phi) is 5.21. The first-order chi connectivity index (χ1) is 8.88. The van der Waals surface area contributed by atoms with Gasteiger partial charge in [0.1, 0.15) is 11.5 Å². The van der Waals surface area contributed by atoms with E-state index in [1.807, 2.05) is 36.0 Å². The van der Waals surface area contributed by atoms with Crippen molar-refractivity contribution in [2.45, 2.75) is 19.1 Å². The molecular weight excluding hydrogens is 244 g/mol. The lowest BCUT2D eigenvalue weighted by Crippen LogP contribution is -2.00. The van der Waals surface area contributed by atoms with Gasteiger partial charge in [0.25, 0.3) is 0 Å². The minimum Gasteiger partial charge on any atom is -0.493 e. The summed E-state index contributed by atoms with van der Waals surface area (Å²) in [7, 11) is 0. The summed E-state index contributed by atoms with van der Waals surface area (Å²) in [6, 6.07) is 12.2. The Morgan fingerprint density at radius 2 is 2.17 bits per heavy atom. The second-order valence-electron chi connectivity index (χ2n) is 3.98. The van der Waals surface area contributed by atoms with Gasteiger partial charge in [0.05, 0.1) is 18.6 Å². The molecule has 0 spiro atoms. The zero-order chi connectivity index (χ0) is 12.6. The van der Waals surface area contributed by atoms with Gasteiger partial charge >= 0.3 is 0 Å². The van der Waals surface area contributed by atoms with E-state index in [1.165, 1.54) is 5.56 Å². The second kappa shape index (κ2) is 7.17. The maximum atomic E-state index is 5.72. The Bertz CT molecular complexity index is 451. The van der Waals surface area contributed by atoms with Crippen molar-refractivity contribution in [3.05, 3.63) is 54.0 Å². The lowest BCUT2D eigenvalue weighted by atomic mass is 10.2. The maximum absolute atomic E-state index is 5.72. The van der Waals surface area contributed by atoms with E-state index in [0.29, 0.717) is 0 Å². The molecule has 0 amide bonds. The van der Waals surface area contributed by atoms with Crippen LogP contribution < -0.4 is 4.74 Å². The highest BCUT2D eigenvalue weighted by molar-refractivity contribution is 7.98. The molecule has 0 radical (unpaired) electrons. The number of rotatable bonds is 7. The highest BCUT2D eigenvalue weighted by atomic mass is 32.2. The Balaban J connectivity index is 1.65. The Labute approximate surface area is 112 Å². The van der Waals surface area contributed by atoms with Crippen LogP contribution in [-0.4, -0.2) is 12.4 Å². The molecule has 2 nitrogen and oxygen atoms in total. The summed E-state index contributed by atoms with van der Waals surface area (Å²) < 4.78 is 11.0. The zero-order valence-corrected chi connectivity index (χ0v) is 11.4. The molecule has 2 rings (SSSR count). The van der Waals surface area contributed by atoms with Crippen molar-refractivity contribution in [1.29, 1.82) is 0 Å². The third-order valence-electron chi connectivity index (χ3n) is 2.63. The zero-order valence-electron chi connectivity index (χ0n) is 10.6. The van der Waals surface area contributed by atoms with Gasteiger partial charge in [0.15, 0.2) is 0 Å². The van der Waals surface area contributed by atoms with E-state index < -0.39 is 0 Å². The van der Waals surface area contributed by atoms with Gasteiger partial charge in [-0.3, -0.25) is 0 Å². The predicted octanol–water partition coefficient (Wildman–Crippen LogP) is 4.15. The fourth-order valence-electron chi connectivity index (χ4n) is 1.64. The van der Waals surface area contributed by atoms with Crippen molar-refractivity contribution < 1.29 is 9.15 Å². The molecule has 0 aliphatic rings. The Morgan fingerprint density at radius 3 is 2.94 bits per heavy atom. The molecule has 96 valence electrons. The smallest absolute Gasteiger partial charge is 0.119 e. The topological polar surface area (TPSA) is 22.4 Å². The molecular formula is C15H18O2S. The standard InChI is InChI=1S/C15H18O2S/c1-2-13-5-3-6-14(11-13)17-9-10-18-12-15-7-4-8-16-15/h3-8,11H,2,9-10,12H2,1H3. The Morgan fingerprint density at radius 1 is 1.22 bits per heavy atom. The van der Waals surface area contributed by atoms with E-state index in [4.69, 9.17) is 9.15 Å². The molecule has 18 heavy (non-hydrogen) atoms. The summed E-state index contributed by atoms with van der Waals surface area (Å²) in [5.41, 5.74) is 1.32. The highest BCUT2D eigenvalue weighted by Crippen LogP contribution is 2.15. The van der Waals surface area contributed by atoms with Gasteiger partial charge in [-0.05, 0) is 36.2 Å². The summed E-state index contributed by atoms with van der Waals surface area (Å²) in [4.78, 5) is 0. The van der Waals surface area contributed by atoms with Crippen LogP contribution in [0.3, 0.4) is 0 Å². The fourth-order valence-corrected chi connectivity index (χ4v) is 2.35. The van der Waals surface area contributed by atoms with Crippen molar-refractivity contribution >= 4 is 11.8 Å². The molecule has 1 aromatic heterocycles. The molecule has 1 heterocycles. The van der Waals surface area contributed by atoms with Crippen molar-refractivity contribution in [2.24, 2.45) is 0 Å². The van der Waals surface area contributed by atoms with Gasteiger partial charge in [-0.1, -0.05) is 19.1 Å². The monoisotopic (exact) mass is 262 g/mol. The highest BCUT2D eigenvalue weighted by Gasteiger charge is 1.98. The van der Waals surface area contributed by atoms with Crippen LogP contribution in [0, 0.1) is 0 Å². The minimum atomic E-state index is 0.735. The average Bonchev–Trinajstić information content (AvgIpc) is 2.92. The van der Waals surface area contributed by atoms with E-state index in [1.54, 1.807) is 6.26 Å². The lowest BCUT2D eigenvalue weighted by molar-refractivity contribution is 0.343. The molecule has 0 saturated carbocycles. The van der Waals surface area contributed by atoms with Crippen LogP contribution >= 0.6 is 11.8 Å². The van der Waals surface area contributed by atoms with Crippen molar-refractivity contribution in [3.63, 3.8) is 0 Å². The van der Waals surface area contributed by atoms with E-state index >= 15 is 0 Å². The normalized spacial score (nSPS) is 10.5. The number of hydrogen-bond acceptors (Lipinski definition) is 3. The van der Waals surface area contributed by atoms with Crippen LogP contribution in [0.1, 0.15) is 18.2 Å². The molecule has 3 heteroatoms. The molecule has 0 aliphatic heterocycles. The van der Waals surface area contributed by atoms with Crippen molar-refractivity contribution in [1.82, 2.24) is 0 Å². The predicted molar refractivity (Wildman–Crippen MR) is 76.2 cm³/mol. The molecule has 0 bridgehead atoms. The van der Waals surface area contributed by atoms with Gasteiger partial charge in [0.2, 0.25) is 0 Å². The quantitative estimate of drug-likeness (QED) is 0.700. The maximum Gasteiger partial charge on any atom is 0.119 e. The average molecular weight is 262 g/mol. The van der Waals surface area contributed by atoms with Crippen LogP contribution in [-0.2, 0) is 12.2 Å². The summed E-state index contributed by atoms with van der Waals surface area (Å²) in [6.07, 6.45) is 2.76. The Hall–Kier alpha value is -1.35. The van der Waals surface area contributed by atoms with E-state index in [9.17, 15) is 0 Å². The summed E-state index contributed by atoms with van der Waals surface area (Å²) >= 11 is 1.82. The van der Waals surface area contributed by atoms with Crippen LogP contribution in [0.2, 0.25) is 0 Å². The summed E-state index contributed by atoms with van der Waals surface area (Å²) in [6.45, 7) is 2.89.